The first kappa shape index (κ1) is 18.3. The molecule has 1 aromatic carbocycles. The summed E-state index contributed by atoms with van der Waals surface area (Å²) < 4.78 is 51.5. The molecule has 2 atom stereocenters. The molecule has 8 heteroatoms. The van der Waals surface area contributed by atoms with E-state index in [2.05, 4.69) is 4.74 Å². The van der Waals surface area contributed by atoms with E-state index in [1.807, 2.05) is 5.32 Å². The largest absolute Gasteiger partial charge is 0.464 e. The number of alkyl halides is 3. The minimum atomic E-state index is -5.07. The van der Waals surface area contributed by atoms with Crippen LogP contribution < -0.4 is 5.32 Å². The number of nitrogens with one attached hydrogen (secondary N) is 1. The number of carbonyl (C=O) groups excluding carboxylic acids is 2. The van der Waals surface area contributed by atoms with Crippen molar-refractivity contribution < 1.29 is 32.2 Å². The van der Waals surface area contributed by atoms with E-state index in [1.54, 1.807) is 0 Å². The molecule has 0 bridgehead atoms. The molecule has 1 saturated heterocycles. The third-order valence-electron chi connectivity index (χ3n) is 3.82. The number of esters is 1. The van der Waals surface area contributed by atoms with Gasteiger partial charge in [-0.25, -0.2) is 4.79 Å². The lowest BCUT2D eigenvalue weighted by Gasteiger charge is -2.35. The van der Waals surface area contributed by atoms with Crippen LogP contribution in [0.5, 0.6) is 0 Å². The van der Waals surface area contributed by atoms with E-state index in [0.29, 0.717) is 13.0 Å². The number of carbonyl (C=O) groups is 2. The number of amides is 1. The Morgan fingerprint density at radius 3 is 2.46 bits per heavy atom. The van der Waals surface area contributed by atoms with Crippen LogP contribution >= 0.6 is 0 Å². The zero-order valence-electron chi connectivity index (χ0n) is 13.1. The molecule has 1 aromatic rings. The fourth-order valence-corrected chi connectivity index (χ4v) is 2.55. The highest BCUT2D eigenvalue weighted by molar-refractivity contribution is 5.91. The van der Waals surface area contributed by atoms with E-state index in [9.17, 15) is 22.8 Å². The van der Waals surface area contributed by atoms with Crippen LogP contribution in [0.2, 0.25) is 0 Å². The van der Waals surface area contributed by atoms with Crippen molar-refractivity contribution >= 4 is 11.9 Å². The van der Waals surface area contributed by atoms with Crippen LogP contribution in [0.1, 0.15) is 18.9 Å². The monoisotopic (exact) mass is 345 g/mol. The van der Waals surface area contributed by atoms with Crippen molar-refractivity contribution in [1.82, 2.24) is 5.32 Å². The Labute approximate surface area is 137 Å². The zero-order valence-corrected chi connectivity index (χ0v) is 13.1. The first-order valence-electron chi connectivity index (χ1n) is 7.52. The normalized spacial score (nSPS) is 20.2. The summed E-state index contributed by atoms with van der Waals surface area (Å²) in [7, 11) is 0. The molecule has 0 aliphatic carbocycles. The highest BCUT2D eigenvalue weighted by Crippen LogP contribution is 2.40. The van der Waals surface area contributed by atoms with Crippen LogP contribution in [0.3, 0.4) is 0 Å². The topological polar surface area (TPSA) is 64.6 Å². The molecule has 24 heavy (non-hydrogen) atoms. The van der Waals surface area contributed by atoms with E-state index in [-0.39, 0.29) is 13.2 Å². The summed E-state index contributed by atoms with van der Waals surface area (Å²) >= 11 is 0. The van der Waals surface area contributed by atoms with E-state index in [1.165, 1.54) is 25.1 Å². The molecule has 1 heterocycles. The molecule has 1 N–H and O–H groups in total. The van der Waals surface area contributed by atoms with Gasteiger partial charge in [0.1, 0.15) is 0 Å². The highest BCUT2D eigenvalue weighted by Gasteiger charge is 2.64. The molecular formula is C16H18F3NO4. The molecule has 5 nitrogen and oxygen atoms in total. The number of hydrogen-bond donors (Lipinski definition) is 1. The Kier molecular flexibility index (Phi) is 5.48. The summed E-state index contributed by atoms with van der Waals surface area (Å²) in [6.45, 7) is 1.47. The van der Waals surface area contributed by atoms with Gasteiger partial charge < -0.3 is 14.8 Å². The maximum atomic E-state index is 13.9. The number of rotatable bonds is 5. The molecule has 0 saturated carbocycles. The lowest BCUT2D eigenvalue weighted by Crippen LogP contribution is -2.62. The number of benzene rings is 1. The van der Waals surface area contributed by atoms with Crippen LogP contribution in [-0.2, 0) is 24.6 Å². The van der Waals surface area contributed by atoms with Gasteiger partial charge in [-0.1, -0.05) is 30.3 Å². The molecule has 0 radical (unpaired) electrons. The van der Waals surface area contributed by atoms with Crippen molar-refractivity contribution in [3.63, 3.8) is 0 Å². The maximum Gasteiger partial charge on any atom is 0.426 e. The smallest absolute Gasteiger partial charge is 0.426 e. The van der Waals surface area contributed by atoms with Gasteiger partial charge in [0, 0.05) is 6.61 Å². The van der Waals surface area contributed by atoms with Gasteiger partial charge in [0.2, 0.25) is 5.91 Å². The summed E-state index contributed by atoms with van der Waals surface area (Å²) in [6, 6.07) is 6.51. The third-order valence-corrected chi connectivity index (χ3v) is 3.82. The summed E-state index contributed by atoms with van der Waals surface area (Å²) in [5, 5.41) is 1.89. The van der Waals surface area contributed by atoms with Crippen molar-refractivity contribution in [2.45, 2.75) is 25.1 Å². The summed E-state index contributed by atoms with van der Waals surface area (Å²) in [5.74, 6) is -3.18. The van der Waals surface area contributed by atoms with Gasteiger partial charge in [-0.05, 0) is 18.9 Å². The van der Waals surface area contributed by atoms with Crippen LogP contribution in [0, 0.1) is 5.92 Å². The summed E-state index contributed by atoms with van der Waals surface area (Å²) in [6.07, 6.45) is -4.77. The molecule has 1 fully saturated rings. The fraction of sp³-hybridized carbons (Fsp3) is 0.500. The zero-order chi connectivity index (χ0) is 17.8. The lowest BCUT2D eigenvalue weighted by atomic mass is 9.88. The van der Waals surface area contributed by atoms with Crippen molar-refractivity contribution in [2.24, 2.45) is 5.92 Å². The first-order valence-corrected chi connectivity index (χ1v) is 7.52. The Morgan fingerprint density at radius 2 is 1.96 bits per heavy atom. The van der Waals surface area contributed by atoms with Gasteiger partial charge in [0.15, 0.2) is 0 Å². The van der Waals surface area contributed by atoms with Crippen LogP contribution in [-0.4, -0.2) is 37.9 Å². The van der Waals surface area contributed by atoms with E-state index in [0.717, 1.165) is 12.1 Å². The molecule has 2 rings (SSSR count). The average Bonchev–Trinajstić information content (AvgIpc) is 3.06. The second-order valence-corrected chi connectivity index (χ2v) is 5.38. The molecule has 132 valence electrons. The maximum absolute atomic E-state index is 13.9. The van der Waals surface area contributed by atoms with Crippen molar-refractivity contribution in [1.29, 1.82) is 0 Å². The Hall–Kier alpha value is -2.09. The Balaban J connectivity index is 2.49. The average molecular weight is 345 g/mol. The number of ether oxygens (including phenoxy) is 2. The quantitative estimate of drug-likeness (QED) is 0.831. The third kappa shape index (κ3) is 3.38. The fourth-order valence-electron chi connectivity index (χ4n) is 2.55. The lowest BCUT2D eigenvalue weighted by molar-refractivity contribution is -0.218. The van der Waals surface area contributed by atoms with Crippen molar-refractivity contribution in [3.05, 3.63) is 35.9 Å². The molecule has 1 amide bonds. The molecular weight excluding hydrogens is 327 g/mol. The Bertz CT molecular complexity index is 585. The molecule has 0 spiro atoms. The number of halogens is 3. The standard InChI is InChI=1S/C16H18F3NO4/c1-2-24-14(22)15(16(17,18)19,12-6-4-3-5-7-12)20-13(21)11-8-9-23-10-11/h3-7,11H,2,8-10H2,1H3,(H,20,21). The van der Waals surface area contributed by atoms with Gasteiger partial charge in [0.05, 0.1) is 19.1 Å². The van der Waals surface area contributed by atoms with E-state index < -0.39 is 35.1 Å². The minimum absolute atomic E-state index is 0.0252. The first-order chi connectivity index (χ1) is 11.3. The summed E-state index contributed by atoms with van der Waals surface area (Å²) in [5.41, 5.74) is -3.65. The van der Waals surface area contributed by atoms with Crippen LogP contribution in [0.4, 0.5) is 13.2 Å². The predicted octanol–water partition coefficient (Wildman–Crippen LogP) is 2.16. The van der Waals surface area contributed by atoms with Gasteiger partial charge in [-0.15, -0.1) is 0 Å². The SMILES string of the molecule is CCOC(=O)C(NC(=O)C1CCOC1)(c1ccccc1)C(F)(F)F. The Morgan fingerprint density at radius 1 is 1.29 bits per heavy atom. The number of hydrogen-bond acceptors (Lipinski definition) is 4. The second-order valence-electron chi connectivity index (χ2n) is 5.38. The van der Waals surface area contributed by atoms with Gasteiger partial charge in [0.25, 0.3) is 5.54 Å². The van der Waals surface area contributed by atoms with E-state index in [4.69, 9.17) is 4.74 Å². The molecule has 2 unspecified atom stereocenters. The molecule has 1 aliphatic heterocycles. The van der Waals surface area contributed by atoms with Gasteiger partial charge in [-0.2, -0.15) is 13.2 Å². The molecule has 1 aliphatic rings. The predicted molar refractivity (Wildman–Crippen MR) is 77.9 cm³/mol. The van der Waals surface area contributed by atoms with E-state index >= 15 is 0 Å². The second kappa shape index (κ2) is 7.21. The minimum Gasteiger partial charge on any atom is -0.464 e. The van der Waals surface area contributed by atoms with Crippen LogP contribution in [0.25, 0.3) is 0 Å². The van der Waals surface area contributed by atoms with Gasteiger partial charge in [-0.3, -0.25) is 4.79 Å². The molecule has 0 aromatic heterocycles. The van der Waals surface area contributed by atoms with Crippen LogP contribution in [0.15, 0.2) is 30.3 Å². The summed E-state index contributed by atoms with van der Waals surface area (Å²) in [4.78, 5) is 24.6. The highest BCUT2D eigenvalue weighted by atomic mass is 19.4. The van der Waals surface area contributed by atoms with Gasteiger partial charge >= 0.3 is 12.1 Å². The van der Waals surface area contributed by atoms with Crippen molar-refractivity contribution in [2.75, 3.05) is 19.8 Å². The van der Waals surface area contributed by atoms with Crippen molar-refractivity contribution in [3.8, 4) is 0 Å².